The van der Waals surface area contributed by atoms with E-state index in [4.69, 9.17) is 0 Å². The van der Waals surface area contributed by atoms with E-state index in [0.717, 1.165) is 6.42 Å². The van der Waals surface area contributed by atoms with E-state index in [1.165, 1.54) is 32.3 Å². The predicted octanol–water partition coefficient (Wildman–Crippen LogP) is 3.26. The zero-order valence-electron chi connectivity index (χ0n) is 7.77. The summed E-state index contributed by atoms with van der Waals surface area (Å²) in [6, 6.07) is 4.57. The summed E-state index contributed by atoms with van der Waals surface area (Å²) in [5.74, 6) is 0. The molecule has 0 saturated heterocycles. The normalized spacial score (nSPS) is 13.1. The van der Waals surface area contributed by atoms with Crippen LogP contribution in [0.5, 0.6) is 0 Å². The van der Waals surface area contributed by atoms with Crippen molar-refractivity contribution in [2.24, 2.45) is 0 Å². The molecule has 1 N–H and O–H groups in total. The van der Waals surface area contributed by atoms with Gasteiger partial charge >= 0.3 is 0 Å². The fraction of sp³-hybridized carbons (Fsp3) is 0.273. The monoisotopic (exact) mass is 189 g/mol. The minimum Gasteiger partial charge on any atom is -0.362 e. The van der Waals surface area contributed by atoms with Crippen LogP contribution in [-0.2, 0) is 6.42 Å². The van der Waals surface area contributed by atoms with Gasteiger partial charge in [0.1, 0.15) is 0 Å². The SMILES string of the molecule is Cc1cc2c([nH]1)Cc1cc(C)sc1-2. The third-order valence-electron chi connectivity index (χ3n) is 2.58. The molecular formula is C11H11NS. The van der Waals surface area contributed by atoms with Crippen molar-refractivity contribution in [2.45, 2.75) is 20.3 Å². The summed E-state index contributed by atoms with van der Waals surface area (Å²) in [6.45, 7) is 4.31. The van der Waals surface area contributed by atoms with Crippen molar-refractivity contribution < 1.29 is 0 Å². The molecule has 0 amide bonds. The molecule has 0 atom stereocenters. The highest BCUT2D eigenvalue weighted by Gasteiger charge is 2.22. The first kappa shape index (κ1) is 7.39. The average Bonchev–Trinajstić information content (AvgIpc) is 2.60. The standard InChI is InChI=1S/C11H11NS/c1-6-3-9-10(12-6)5-8-4-7(2)13-11(8)9/h3-4,12H,5H2,1-2H3. The largest absolute Gasteiger partial charge is 0.362 e. The van der Waals surface area contributed by atoms with E-state index >= 15 is 0 Å². The Bertz CT molecular complexity index is 432. The van der Waals surface area contributed by atoms with E-state index in [-0.39, 0.29) is 0 Å². The first-order valence-corrected chi connectivity index (χ1v) is 5.34. The van der Waals surface area contributed by atoms with E-state index < -0.39 is 0 Å². The van der Waals surface area contributed by atoms with Gasteiger partial charge < -0.3 is 4.98 Å². The molecule has 3 rings (SSSR count). The zero-order valence-corrected chi connectivity index (χ0v) is 8.59. The number of aromatic nitrogens is 1. The molecule has 2 aromatic heterocycles. The highest BCUT2D eigenvalue weighted by molar-refractivity contribution is 7.15. The quantitative estimate of drug-likeness (QED) is 0.558. The second-order valence-electron chi connectivity index (χ2n) is 3.73. The summed E-state index contributed by atoms with van der Waals surface area (Å²) < 4.78 is 0. The number of nitrogens with one attached hydrogen (secondary N) is 1. The Labute approximate surface area is 81.4 Å². The Morgan fingerprint density at radius 2 is 2.15 bits per heavy atom. The lowest BCUT2D eigenvalue weighted by atomic mass is 10.2. The topological polar surface area (TPSA) is 15.8 Å². The maximum atomic E-state index is 3.42. The molecule has 1 aliphatic rings. The molecule has 0 saturated carbocycles. The molecule has 2 heterocycles. The van der Waals surface area contributed by atoms with Gasteiger partial charge in [-0.3, -0.25) is 0 Å². The molecule has 66 valence electrons. The maximum absolute atomic E-state index is 3.42. The smallest absolute Gasteiger partial charge is 0.0399 e. The lowest BCUT2D eigenvalue weighted by Gasteiger charge is -1.88. The van der Waals surface area contributed by atoms with Crippen LogP contribution in [0.3, 0.4) is 0 Å². The van der Waals surface area contributed by atoms with Gasteiger partial charge in [-0.1, -0.05) is 0 Å². The number of thiophene rings is 1. The Morgan fingerprint density at radius 3 is 3.00 bits per heavy atom. The van der Waals surface area contributed by atoms with Gasteiger partial charge in [0.15, 0.2) is 0 Å². The maximum Gasteiger partial charge on any atom is 0.0399 e. The second kappa shape index (κ2) is 2.26. The molecule has 0 unspecified atom stereocenters. The van der Waals surface area contributed by atoms with E-state index in [1.54, 1.807) is 0 Å². The highest BCUT2D eigenvalue weighted by Crippen LogP contribution is 2.42. The van der Waals surface area contributed by atoms with Crippen LogP contribution in [0.15, 0.2) is 12.1 Å². The number of fused-ring (bicyclic) bond motifs is 3. The summed E-state index contributed by atoms with van der Waals surface area (Å²) in [4.78, 5) is 6.32. The molecule has 0 bridgehead atoms. The van der Waals surface area contributed by atoms with Crippen LogP contribution in [0.25, 0.3) is 10.4 Å². The molecule has 1 nitrogen and oxygen atoms in total. The predicted molar refractivity (Wildman–Crippen MR) is 56.4 cm³/mol. The highest BCUT2D eigenvalue weighted by atomic mass is 32.1. The molecule has 0 spiro atoms. The van der Waals surface area contributed by atoms with Gasteiger partial charge in [0.05, 0.1) is 0 Å². The van der Waals surface area contributed by atoms with Crippen LogP contribution in [0, 0.1) is 13.8 Å². The van der Waals surface area contributed by atoms with Crippen molar-refractivity contribution in [3.63, 3.8) is 0 Å². The van der Waals surface area contributed by atoms with Crippen molar-refractivity contribution in [2.75, 3.05) is 0 Å². The first-order chi connectivity index (χ1) is 6.24. The van der Waals surface area contributed by atoms with Crippen LogP contribution in [0.1, 0.15) is 21.8 Å². The fourth-order valence-corrected chi connectivity index (χ4v) is 3.18. The minimum atomic E-state index is 1.10. The van der Waals surface area contributed by atoms with Crippen molar-refractivity contribution in [3.8, 4) is 10.4 Å². The molecule has 1 aliphatic carbocycles. The fourth-order valence-electron chi connectivity index (χ4n) is 2.10. The van der Waals surface area contributed by atoms with Gasteiger partial charge in [0.25, 0.3) is 0 Å². The van der Waals surface area contributed by atoms with E-state index in [9.17, 15) is 0 Å². The first-order valence-electron chi connectivity index (χ1n) is 4.52. The van der Waals surface area contributed by atoms with Crippen LogP contribution in [0.4, 0.5) is 0 Å². The van der Waals surface area contributed by atoms with Crippen molar-refractivity contribution in [1.29, 1.82) is 0 Å². The Morgan fingerprint density at radius 1 is 1.31 bits per heavy atom. The van der Waals surface area contributed by atoms with Crippen molar-refractivity contribution >= 4 is 11.3 Å². The Kier molecular flexibility index (Phi) is 1.29. The molecule has 0 aromatic carbocycles. The Hall–Kier alpha value is -1.02. The lowest BCUT2D eigenvalue weighted by Crippen LogP contribution is -1.80. The summed E-state index contributed by atoms with van der Waals surface area (Å²) in [6.07, 6.45) is 1.10. The lowest BCUT2D eigenvalue weighted by molar-refractivity contribution is 1.11. The van der Waals surface area contributed by atoms with Gasteiger partial charge in [0, 0.05) is 33.1 Å². The summed E-state index contributed by atoms with van der Waals surface area (Å²) in [7, 11) is 0. The number of rotatable bonds is 0. The van der Waals surface area contributed by atoms with E-state index in [1.807, 2.05) is 11.3 Å². The number of aryl methyl sites for hydroxylation is 2. The number of hydrogen-bond donors (Lipinski definition) is 1. The third kappa shape index (κ3) is 0.923. The molecule has 0 radical (unpaired) electrons. The molecule has 13 heavy (non-hydrogen) atoms. The minimum absolute atomic E-state index is 1.10. The summed E-state index contributed by atoms with van der Waals surface area (Å²) in [5, 5.41) is 0. The van der Waals surface area contributed by atoms with Crippen molar-refractivity contribution in [1.82, 2.24) is 4.98 Å². The van der Waals surface area contributed by atoms with E-state index in [2.05, 4.69) is 31.0 Å². The zero-order chi connectivity index (χ0) is 9.00. The molecular weight excluding hydrogens is 178 g/mol. The molecule has 2 heteroatoms. The summed E-state index contributed by atoms with van der Waals surface area (Å²) in [5.41, 5.74) is 5.62. The van der Waals surface area contributed by atoms with Gasteiger partial charge in [-0.2, -0.15) is 0 Å². The van der Waals surface area contributed by atoms with Crippen molar-refractivity contribution in [3.05, 3.63) is 34.0 Å². The number of H-pyrrole nitrogens is 1. The molecule has 2 aromatic rings. The third-order valence-corrected chi connectivity index (χ3v) is 3.70. The van der Waals surface area contributed by atoms with Gasteiger partial charge in [-0.25, -0.2) is 0 Å². The van der Waals surface area contributed by atoms with Crippen LogP contribution in [0.2, 0.25) is 0 Å². The van der Waals surface area contributed by atoms with Gasteiger partial charge in [0.2, 0.25) is 0 Å². The second-order valence-corrected chi connectivity index (χ2v) is 4.99. The van der Waals surface area contributed by atoms with E-state index in [0.29, 0.717) is 0 Å². The number of hydrogen-bond acceptors (Lipinski definition) is 1. The van der Waals surface area contributed by atoms with Crippen LogP contribution < -0.4 is 0 Å². The Balaban J connectivity index is 2.28. The van der Waals surface area contributed by atoms with Gasteiger partial charge in [-0.05, 0) is 31.5 Å². The van der Waals surface area contributed by atoms with Gasteiger partial charge in [-0.15, -0.1) is 11.3 Å². The number of aromatic amines is 1. The molecule has 0 aliphatic heterocycles. The van der Waals surface area contributed by atoms with Crippen LogP contribution >= 0.6 is 11.3 Å². The molecule has 0 fully saturated rings. The van der Waals surface area contributed by atoms with Crippen LogP contribution in [-0.4, -0.2) is 4.98 Å². The average molecular weight is 189 g/mol. The summed E-state index contributed by atoms with van der Waals surface area (Å²) >= 11 is 1.91.